The topological polar surface area (TPSA) is 67.2 Å². The van der Waals surface area contributed by atoms with Gasteiger partial charge in [0.15, 0.2) is 5.76 Å². The third-order valence-electron chi connectivity index (χ3n) is 3.26. The van der Waals surface area contributed by atoms with Gasteiger partial charge in [-0.25, -0.2) is 4.98 Å². The van der Waals surface area contributed by atoms with Crippen molar-refractivity contribution in [3.05, 3.63) is 71.8 Å². The summed E-state index contributed by atoms with van der Waals surface area (Å²) in [5, 5.41) is 5.98. The first-order valence-electron chi connectivity index (χ1n) is 7.26. The first-order chi connectivity index (χ1) is 11.1. The van der Waals surface area contributed by atoms with Gasteiger partial charge in [-0.15, -0.1) is 0 Å². The Morgan fingerprint density at radius 2 is 1.83 bits per heavy atom. The first-order valence-corrected chi connectivity index (χ1v) is 7.26. The van der Waals surface area contributed by atoms with Gasteiger partial charge in [-0.05, 0) is 61.4 Å². The molecule has 5 heteroatoms. The van der Waals surface area contributed by atoms with Crippen molar-refractivity contribution in [2.24, 2.45) is 0 Å². The van der Waals surface area contributed by atoms with E-state index in [0.29, 0.717) is 5.82 Å². The second kappa shape index (κ2) is 6.36. The molecule has 2 N–H and O–H groups in total. The van der Waals surface area contributed by atoms with Gasteiger partial charge in [0.1, 0.15) is 5.82 Å². The predicted molar refractivity (Wildman–Crippen MR) is 90.1 cm³/mol. The van der Waals surface area contributed by atoms with E-state index in [0.717, 1.165) is 11.4 Å². The summed E-state index contributed by atoms with van der Waals surface area (Å²) in [5.41, 5.74) is 4.26. The van der Waals surface area contributed by atoms with Crippen molar-refractivity contribution in [3.8, 4) is 0 Å². The lowest BCUT2D eigenvalue weighted by Gasteiger charge is -2.09. The van der Waals surface area contributed by atoms with Gasteiger partial charge in [-0.2, -0.15) is 0 Å². The second-order valence-corrected chi connectivity index (χ2v) is 5.36. The Balaban J connectivity index is 1.68. The summed E-state index contributed by atoms with van der Waals surface area (Å²) in [6, 6.07) is 13.1. The Labute approximate surface area is 134 Å². The highest BCUT2D eigenvalue weighted by Crippen LogP contribution is 2.20. The molecule has 116 valence electrons. The van der Waals surface area contributed by atoms with Gasteiger partial charge in [0.2, 0.25) is 0 Å². The zero-order valence-corrected chi connectivity index (χ0v) is 13.0. The molecule has 2 heterocycles. The average molecular weight is 307 g/mol. The molecule has 0 atom stereocenters. The van der Waals surface area contributed by atoms with E-state index in [-0.39, 0.29) is 11.7 Å². The molecule has 3 rings (SSSR count). The van der Waals surface area contributed by atoms with Crippen LogP contribution in [0, 0.1) is 13.8 Å². The van der Waals surface area contributed by atoms with Crippen LogP contribution in [0.2, 0.25) is 0 Å². The zero-order valence-electron chi connectivity index (χ0n) is 13.0. The summed E-state index contributed by atoms with van der Waals surface area (Å²) < 4.78 is 5.04. The van der Waals surface area contributed by atoms with Crippen molar-refractivity contribution in [1.29, 1.82) is 0 Å². The van der Waals surface area contributed by atoms with Crippen molar-refractivity contribution >= 4 is 23.1 Å². The number of hydrogen-bond donors (Lipinski definition) is 2. The molecule has 0 saturated heterocycles. The highest BCUT2D eigenvalue weighted by atomic mass is 16.3. The van der Waals surface area contributed by atoms with Crippen LogP contribution in [0.3, 0.4) is 0 Å². The Kier molecular flexibility index (Phi) is 4.10. The molecule has 5 nitrogen and oxygen atoms in total. The number of aryl methyl sites for hydroxylation is 2. The van der Waals surface area contributed by atoms with Gasteiger partial charge in [0.25, 0.3) is 5.91 Å². The minimum atomic E-state index is -0.322. The number of carbonyl (C=O) groups excluding carboxylic acids is 1. The summed E-state index contributed by atoms with van der Waals surface area (Å²) in [4.78, 5) is 16.1. The maximum absolute atomic E-state index is 11.9. The molecule has 0 bridgehead atoms. The summed E-state index contributed by atoms with van der Waals surface area (Å²) in [6.45, 7) is 4.12. The minimum Gasteiger partial charge on any atom is -0.459 e. The average Bonchev–Trinajstić information content (AvgIpc) is 3.02. The van der Waals surface area contributed by atoms with Crippen molar-refractivity contribution in [1.82, 2.24) is 4.98 Å². The van der Waals surface area contributed by atoms with E-state index >= 15 is 0 Å². The number of pyridine rings is 1. The van der Waals surface area contributed by atoms with E-state index < -0.39 is 0 Å². The molecule has 0 aliphatic rings. The van der Waals surface area contributed by atoms with Crippen LogP contribution in [-0.2, 0) is 0 Å². The Morgan fingerprint density at radius 1 is 1.04 bits per heavy atom. The number of carbonyl (C=O) groups is 1. The number of aromatic nitrogens is 1. The molecular formula is C18H17N3O2. The normalized spacial score (nSPS) is 10.3. The van der Waals surface area contributed by atoms with Crippen LogP contribution in [0.1, 0.15) is 21.7 Å². The molecular weight excluding hydrogens is 290 g/mol. The van der Waals surface area contributed by atoms with Crippen molar-refractivity contribution in [2.75, 3.05) is 10.6 Å². The van der Waals surface area contributed by atoms with Crippen LogP contribution in [0.4, 0.5) is 17.2 Å². The maximum atomic E-state index is 11.9. The number of furan rings is 1. The third kappa shape index (κ3) is 3.77. The zero-order chi connectivity index (χ0) is 16.2. The minimum absolute atomic E-state index is 0.254. The number of benzene rings is 1. The summed E-state index contributed by atoms with van der Waals surface area (Å²) >= 11 is 0. The molecule has 0 saturated carbocycles. The van der Waals surface area contributed by atoms with Gasteiger partial charge >= 0.3 is 0 Å². The lowest BCUT2D eigenvalue weighted by atomic mass is 10.1. The smallest absolute Gasteiger partial charge is 0.292 e. The first kappa shape index (κ1) is 14.8. The molecule has 0 spiro atoms. The van der Waals surface area contributed by atoms with Gasteiger partial charge in [-0.1, -0.05) is 6.07 Å². The summed E-state index contributed by atoms with van der Waals surface area (Å²) in [6.07, 6.45) is 3.13. The van der Waals surface area contributed by atoms with Crippen LogP contribution in [0.15, 0.2) is 59.3 Å². The van der Waals surface area contributed by atoms with Crippen LogP contribution >= 0.6 is 0 Å². The number of rotatable bonds is 4. The fraction of sp³-hybridized carbons (Fsp3) is 0.111. The lowest BCUT2D eigenvalue weighted by molar-refractivity contribution is 0.0996. The molecule has 23 heavy (non-hydrogen) atoms. The van der Waals surface area contributed by atoms with E-state index in [9.17, 15) is 4.79 Å². The Bertz CT molecular complexity index is 789. The van der Waals surface area contributed by atoms with E-state index in [2.05, 4.69) is 47.7 Å². The van der Waals surface area contributed by atoms with Crippen LogP contribution in [0.25, 0.3) is 0 Å². The molecule has 0 unspecified atom stereocenters. The number of nitrogens with zero attached hydrogens (tertiary/aromatic N) is 1. The predicted octanol–water partition coefficient (Wildman–Crippen LogP) is 4.29. The highest BCUT2D eigenvalue weighted by molar-refractivity contribution is 6.01. The van der Waals surface area contributed by atoms with E-state index in [1.54, 1.807) is 24.4 Å². The number of amides is 1. The number of anilines is 3. The van der Waals surface area contributed by atoms with E-state index in [4.69, 9.17) is 4.42 Å². The fourth-order valence-corrected chi connectivity index (χ4v) is 2.34. The van der Waals surface area contributed by atoms with Gasteiger partial charge in [0, 0.05) is 5.69 Å². The SMILES string of the molecule is Cc1cc(C)cc(Nc2ccc(NC(=O)c3ccco3)nc2)c1. The highest BCUT2D eigenvalue weighted by Gasteiger charge is 2.09. The van der Waals surface area contributed by atoms with Crippen molar-refractivity contribution in [2.45, 2.75) is 13.8 Å². The molecule has 0 aliphatic heterocycles. The van der Waals surface area contributed by atoms with Crippen LogP contribution in [0.5, 0.6) is 0 Å². The molecule has 2 aromatic heterocycles. The van der Waals surface area contributed by atoms with Crippen LogP contribution in [-0.4, -0.2) is 10.9 Å². The Hall–Kier alpha value is -3.08. The molecule has 1 aromatic carbocycles. The summed E-state index contributed by atoms with van der Waals surface area (Å²) in [7, 11) is 0. The third-order valence-corrected chi connectivity index (χ3v) is 3.26. The quantitative estimate of drug-likeness (QED) is 0.754. The summed E-state index contributed by atoms with van der Waals surface area (Å²) in [5.74, 6) is 0.402. The Morgan fingerprint density at radius 3 is 2.43 bits per heavy atom. The van der Waals surface area contributed by atoms with Crippen molar-refractivity contribution < 1.29 is 9.21 Å². The van der Waals surface area contributed by atoms with Crippen molar-refractivity contribution in [3.63, 3.8) is 0 Å². The fourth-order valence-electron chi connectivity index (χ4n) is 2.34. The second-order valence-electron chi connectivity index (χ2n) is 5.36. The van der Waals surface area contributed by atoms with Gasteiger partial charge < -0.3 is 15.1 Å². The number of hydrogen-bond acceptors (Lipinski definition) is 4. The largest absolute Gasteiger partial charge is 0.459 e. The number of nitrogens with one attached hydrogen (secondary N) is 2. The molecule has 0 radical (unpaired) electrons. The van der Waals surface area contributed by atoms with E-state index in [1.807, 2.05) is 6.07 Å². The van der Waals surface area contributed by atoms with Gasteiger partial charge in [0.05, 0.1) is 18.1 Å². The molecule has 1 amide bonds. The van der Waals surface area contributed by atoms with Gasteiger partial charge in [-0.3, -0.25) is 4.79 Å². The van der Waals surface area contributed by atoms with Crippen LogP contribution < -0.4 is 10.6 Å². The monoisotopic (exact) mass is 307 g/mol. The van der Waals surface area contributed by atoms with E-state index in [1.165, 1.54) is 17.4 Å². The molecule has 3 aromatic rings. The molecule has 0 aliphatic carbocycles. The maximum Gasteiger partial charge on any atom is 0.292 e. The lowest BCUT2D eigenvalue weighted by Crippen LogP contribution is -2.11. The standard InChI is InChI=1S/C18H17N3O2/c1-12-8-13(2)10-15(9-12)20-14-5-6-17(19-11-14)21-18(22)16-4-3-7-23-16/h3-11,20H,1-2H3,(H,19,21,22). The molecule has 0 fully saturated rings.